The number of hydrogen-bond donors (Lipinski definition) is 1. The lowest BCUT2D eigenvalue weighted by atomic mass is 9.95. The lowest BCUT2D eigenvalue weighted by Crippen LogP contribution is -2.43. The van der Waals surface area contributed by atoms with E-state index in [4.69, 9.17) is 4.74 Å². The number of benzene rings is 1. The number of carbonyl (C=O) groups excluding carboxylic acids is 2. The van der Waals surface area contributed by atoms with Crippen LogP contribution in [0.25, 0.3) is 0 Å². The van der Waals surface area contributed by atoms with Crippen molar-refractivity contribution in [2.24, 2.45) is 5.92 Å². The minimum Gasteiger partial charge on any atom is -0.469 e. The monoisotopic (exact) mass is 446 g/mol. The first-order valence-corrected chi connectivity index (χ1v) is 10.9. The van der Waals surface area contributed by atoms with Crippen LogP contribution in [0.15, 0.2) is 28.7 Å². The third-order valence-electron chi connectivity index (χ3n) is 4.48. The molecule has 0 saturated carbocycles. The van der Waals surface area contributed by atoms with Gasteiger partial charge in [0.1, 0.15) is 0 Å². The minimum atomic E-state index is -3.23. The first-order chi connectivity index (χ1) is 12.2. The molecule has 1 aromatic carbocycles. The average molecular weight is 447 g/mol. The van der Waals surface area contributed by atoms with Gasteiger partial charge in [0.2, 0.25) is 15.9 Å². The highest BCUT2D eigenvalue weighted by Crippen LogP contribution is 2.24. The zero-order chi connectivity index (χ0) is 19.3. The van der Waals surface area contributed by atoms with Crippen molar-refractivity contribution in [3.8, 4) is 0 Å². The lowest BCUT2D eigenvalue weighted by molar-refractivity contribution is -0.141. The van der Waals surface area contributed by atoms with Crippen LogP contribution >= 0.6 is 15.9 Å². The number of nitrogens with one attached hydrogen (secondary N) is 1. The van der Waals surface area contributed by atoms with Crippen molar-refractivity contribution in [1.29, 1.82) is 0 Å². The third kappa shape index (κ3) is 5.78. The molecule has 7 nitrogen and oxygen atoms in total. The summed E-state index contributed by atoms with van der Waals surface area (Å²) in [6, 6.07) is 6.87. The molecule has 1 aliphatic rings. The van der Waals surface area contributed by atoms with Gasteiger partial charge in [-0.05, 0) is 30.5 Å². The van der Waals surface area contributed by atoms with E-state index in [-0.39, 0.29) is 18.2 Å². The Kier molecular flexibility index (Phi) is 7.19. The van der Waals surface area contributed by atoms with Crippen molar-refractivity contribution in [1.82, 2.24) is 9.62 Å². The number of sulfonamides is 1. The summed E-state index contributed by atoms with van der Waals surface area (Å²) in [4.78, 5) is 24.4. The normalized spacial score (nSPS) is 17.5. The number of carbonyl (C=O) groups is 2. The third-order valence-corrected chi connectivity index (χ3v) is 6.31. The lowest BCUT2D eigenvalue weighted by Gasteiger charge is -2.30. The summed E-state index contributed by atoms with van der Waals surface area (Å²) in [5, 5.41) is 2.92. The Bertz CT molecular complexity index is 743. The van der Waals surface area contributed by atoms with E-state index in [9.17, 15) is 18.0 Å². The van der Waals surface area contributed by atoms with E-state index in [2.05, 4.69) is 21.2 Å². The highest BCUT2D eigenvalue weighted by atomic mass is 79.9. The number of amides is 1. The maximum atomic E-state index is 12.6. The van der Waals surface area contributed by atoms with Crippen LogP contribution < -0.4 is 5.32 Å². The minimum absolute atomic E-state index is 0.0338. The summed E-state index contributed by atoms with van der Waals surface area (Å²) in [5.41, 5.74) is 0.806. The molecule has 0 spiro atoms. The van der Waals surface area contributed by atoms with Crippen molar-refractivity contribution >= 4 is 37.8 Å². The second kappa shape index (κ2) is 8.96. The van der Waals surface area contributed by atoms with Crippen LogP contribution in [-0.2, 0) is 24.3 Å². The van der Waals surface area contributed by atoms with Crippen molar-refractivity contribution in [3.63, 3.8) is 0 Å². The van der Waals surface area contributed by atoms with E-state index in [0.29, 0.717) is 25.9 Å². The Morgan fingerprint density at radius 2 is 1.85 bits per heavy atom. The van der Waals surface area contributed by atoms with Gasteiger partial charge in [0.15, 0.2) is 0 Å². The van der Waals surface area contributed by atoms with Crippen LogP contribution in [0.5, 0.6) is 0 Å². The fraction of sp³-hybridized carbons (Fsp3) is 0.529. The van der Waals surface area contributed by atoms with Gasteiger partial charge in [-0.25, -0.2) is 12.7 Å². The summed E-state index contributed by atoms with van der Waals surface area (Å²) in [7, 11) is -1.92. The first kappa shape index (κ1) is 20.9. The molecule has 0 aromatic heterocycles. The predicted molar refractivity (Wildman–Crippen MR) is 101 cm³/mol. The van der Waals surface area contributed by atoms with Crippen LogP contribution in [0.3, 0.4) is 0 Å². The molecule has 1 aliphatic heterocycles. The van der Waals surface area contributed by atoms with Gasteiger partial charge in [0.05, 0.1) is 25.8 Å². The van der Waals surface area contributed by atoms with E-state index in [1.54, 1.807) is 0 Å². The molecular weight excluding hydrogens is 424 g/mol. The van der Waals surface area contributed by atoms with Gasteiger partial charge in [-0.2, -0.15) is 0 Å². The van der Waals surface area contributed by atoms with E-state index >= 15 is 0 Å². The number of ether oxygens (including phenoxy) is 1. The zero-order valence-corrected chi connectivity index (χ0v) is 17.2. The molecule has 2 rings (SSSR count). The maximum absolute atomic E-state index is 12.6. The number of methoxy groups -OCH3 is 1. The van der Waals surface area contributed by atoms with Crippen molar-refractivity contribution in [2.45, 2.75) is 25.3 Å². The highest BCUT2D eigenvalue weighted by Gasteiger charge is 2.30. The molecule has 1 fully saturated rings. The fourth-order valence-corrected chi connectivity index (χ4v) is 4.07. The number of rotatable bonds is 6. The first-order valence-electron chi connectivity index (χ1n) is 8.28. The largest absolute Gasteiger partial charge is 0.469 e. The fourth-order valence-electron chi connectivity index (χ4n) is 2.94. The van der Waals surface area contributed by atoms with Gasteiger partial charge < -0.3 is 10.1 Å². The summed E-state index contributed by atoms with van der Waals surface area (Å²) < 4.78 is 30.2. The molecular formula is C17H23BrN2O5S. The number of halogens is 1. The van der Waals surface area contributed by atoms with E-state index in [1.807, 2.05) is 24.3 Å². The highest BCUT2D eigenvalue weighted by molar-refractivity contribution is 9.10. The molecule has 1 saturated heterocycles. The number of piperidine rings is 1. The van der Waals surface area contributed by atoms with E-state index in [0.717, 1.165) is 10.0 Å². The Labute approximate surface area is 162 Å². The standard InChI is InChI=1S/C17H23BrN2O5S/c1-25-16(21)11-15(12-3-5-14(18)6-4-12)19-17(22)13-7-9-20(10-8-13)26(2,23)24/h3-6,13,15H,7-11H2,1-2H3,(H,19,22). The Balaban J connectivity index is 2.04. The molecule has 1 N–H and O–H groups in total. The molecule has 1 atom stereocenters. The summed E-state index contributed by atoms with van der Waals surface area (Å²) in [6.45, 7) is 0.660. The smallest absolute Gasteiger partial charge is 0.307 e. The van der Waals surface area contributed by atoms with Crippen LogP contribution in [0, 0.1) is 5.92 Å². The second-order valence-corrected chi connectivity index (χ2v) is 9.23. The Morgan fingerprint density at radius 3 is 2.35 bits per heavy atom. The SMILES string of the molecule is COC(=O)CC(NC(=O)C1CCN(S(C)(=O)=O)CC1)c1ccc(Br)cc1. The number of nitrogens with zero attached hydrogens (tertiary/aromatic N) is 1. The quantitative estimate of drug-likeness (QED) is 0.672. The molecule has 1 unspecified atom stereocenters. The van der Waals surface area contributed by atoms with Crippen LogP contribution in [0.4, 0.5) is 0 Å². The predicted octanol–water partition coefficient (Wildman–Crippen LogP) is 1.84. The van der Waals surface area contributed by atoms with Gasteiger partial charge >= 0.3 is 5.97 Å². The van der Waals surface area contributed by atoms with Crippen molar-refractivity contribution in [3.05, 3.63) is 34.3 Å². The topological polar surface area (TPSA) is 92.8 Å². The van der Waals surface area contributed by atoms with Gasteiger partial charge in [-0.3, -0.25) is 9.59 Å². The number of esters is 1. The Hall–Kier alpha value is -1.45. The maximum Gasteiger partial charge on any atom is 0.307 e. The molecule has 1 heterocycles. The van der Waals surface area contributed by atoms with Gasteiger partial charge in [-0.15, -0.1) is 0 Å². The molecule has 1 aromatic rings. The van der Waals surface area contributed by atoms with E-state index < -0.39 is 22.0 Å². The second-order valence-electron chi connectivity index (χ2n) is 6.33. The molecule has 1 amide bonds. The summed E-state index contributed by atoms with van der Waals surface area (Å²) in [6.07, 6.45) is 2.13. The molecule has 0 aliphatic carbocycles. The molecule has 0 bridgehead atoms. The Morgan fingerprint density at radius 1 is 1.27 bits per heavy atom. The molecule has 144 valence electrons. The van der Waals surface area contributed by atoms with Crippen LogP contribution in [0.2, 0.25) is 0 Å². The van der Waals surface area contributed by atoms with Crippen molar-refractivity contribution < 1.29 is 22.7 Å². The van der Waals surface area contributed by atoms with Gasteiger partial charge in [0, 0.05) is 23.5 Å². The molecule has 0 radical (unpaired) electrons. The van der Waals surface area contributed by atoms with Gasteiger partial charge in [0.25, 0.3) is 0 Å². The number of hydrogen-bond acceptors (Lipinski definition) is 5. The van der Waals surface area contributed by atoms with Crippen LogP contribution in [0.1, 0.15) is 30.9 Å². The average Bonchev–Trinajstić information content (AvgIpc) is 2.61. The van der Waals surface area contributed by atoms with E-state index in [1.165, 1.54) is 17.7 Å². The van der Waals surface area contributed by atoms with Crippen LogP contribution in [-0.4, -0.2) is 51.1 Å². The molecule has 26 heavy (non-hydrogen) atoms. The molecule has 9 heteroatoms. The summed E-state index contributed by atoms with van der Waals surface area (Å²) >= 11 is 3.36. The van der Waals surface area contributed by atoms with Crippen molar-refractivity contribution in [2.75, 3.05) is 26.5 Å². The zero-order valence-electron chi connectivity index (χ0n) is 14.8. The summed E-state index contributed by atoms with van der Waals surface area (Å²) in [5.74, 6) is -0.858. The van der Waals surface area contributed by atoms with Gasteiger partial charge in [-0.1, -0.05) is 28.1 Å².